The van der Waals surface area contributed by atoms with Gasteiger partial charge < -0.3 is 0 Å². The summed E-state index contributed by atoms with van der Waals surface area (Å²) in [4.78, 5) is 25.8. The molecule has 10 unspecified atom stereocenters. The Hall–Kier alpha value is -0.920. The zero-order chi connectivity index (χ0) is 16.8. The number of fused-ring (bicyclic) bond motifs is 6. The molecule has 6 saturated carbocycles. The number of hydrogen-bond acceptors (Lipinski definition) is 2. The van der Waals surface area contributed by atoms with Crippen LogP contribution in [-0.4, -0.2) is 11.6 Å². The van der Waals surface area contributed by atoms with Crippen LogP contribution in [0.25, 0.3) is 0 Å². The number of carbonyl (C=O) groups excluding carboxylic acids is 2. The monoisotopic (exact) mass is 336 g/mol. The zero-order valence-corrected chi connectivity index (χ0v) is 15.2. The first kappa shape index (κ1) is 14.2. The van der Waals surface area contributed by atoms with Gasteiger partial charge in [0.15, 0.2) is 0 Å². The Balaban J connectivity index is 1.37. The minimum Gasteiger partial charge on any atom is -0.299 e. The van der Waals surface area contributed by atoms with E-state index >= 15 is 0 Å². The molecule has 2 heteroatoms. The number of carbonyl (C=O) groups is 2. The molecule has 0 aromatic rings. The molecule has 0 bridgehead atoms. The van der Waals surface area contributed by atoms with Gasteiger partial charge in [0.1, 0.15) is 11.6 Å². The van der Waals surface area contributed by atoms with Gasteiger partial charge in [0, 0.05) is 23.7 Å². The fourth-order valence-corrected chi connectivity index (χ4v) is 10.6. The predicted molar refractivity (Wildman–Crippen MR) is 93.5 cm³/mol. The van der Waals surface area contributed by atoms with Crippen molar-refractivity contribution in [2.24, 2.45) is 57.7 Å². The zero-order valence-electron chi connectivity index (χ0n) is 15.2. The Morgan fingerprint density at radius 1 is 0.960 bits per heavy atom. The standard InChI is InChI=1S/C23H28O2/c1-21-9-8-16-14(15(21)5-6-18(21)24)7-10-22-19(25)11-17-12-3-2-4-13(12)20(22)23(16,17)22/h2,4,12-17,20H,3,5-11H2,1H3. The molecule has 0 aromatic heterocycles. The summed E-state index contributed by atoms with van der Waals surface area (Å²) >= 11 is 0. The van der Waals surface area contributed by atoms with Crippen molar-refractivity contribution < 1.29 is 9.59 Å². The molecule has 7 aliphatic carbocycles. The van der Waals surface area contributed by atoms with Gasteiger partial charge in [0.25, 0.3) is 0 Å². The van der Waals surface area contributed by atoms with Crippen molar-refractivity contribution in [3.8, 4) is 0 Å². The molecule has 25 heavy (non-hydrogen) atoms. The molecule has 0 heterocycles. The molecule has 0 saturated heterocycles. The highest BCUT2D eigenvalue weighted by Crippen LogP contribution is 2.94. The Labute approximate surface area is 149 Å². The van der Waals surface area contributed by atoms with Gasteiger partial charge in [-0.05, 0) is 85.4 Å². The summed E-state index contributed by atoms with van der Waals surface area (Å²) in [6.45, 7) is 2.28. The number of hydrogen-bond donors (Lipinski definition) is 0. The van der Waals surface area contributed by atoms with E-state index in [0.29, 0.717) is 40.7 Å². The number of allylic oxidation sites excluding steroid dienone is 2. The minimum absolute atomic E-state index is 0.0237. The fourth-order valence-electron chi connectivity index (χ4n) is 10.6. The summed E-state index contributed by atoms with van der Waals surface area (Å²) in [5.74, 6) is 6.18. The molecule has 0 amide bonds. The van der Waals surface area contributed by atoms with E-state index < -0.39 is 0 Å². The second-order valence-electron chi connectivity index (χ2n) is 10.9. The molecule has 1 spiro atoms. The van der Waals surface area contributed by atoms with Crippen LogP contribution in [0.4, 0.5) is 0 Å². The van der Waals surface area contributed by atoms with Crippen LogP contribution in [0.2, 0.25) is 0 Å². The average molecular weight is 336 g/mol. The van der Waals surface area contributed by atoms with E-state index in [1.54, 1.807) is 0 Å². The van der Waals surface area contributed by atoms with Crippen molar-refractivity contribution in [2.45, 2.75) is 58.3 Å². The third-order valence-corrected chi connectivity index (χ3v) is 11.0. The van der Waals surface area contributed by atoms with Gasteiger partial charge in [-0.1, -0.05) is 19.1 Å². The predicted octanol–water partition coefficient (Wildman–Crippen LogP) is 4.19. The Morgan fingerprint density at radius 3 is 2.72 bits per heavy atom. The highest BCUT2D eigenvalue weighted by molar-refractivity contribution is 5.95. The van der Waals surface area contributed by atoms with Gasteiger partial charge in [-0.2, -0.15) is 0 Å². The maximum Gasteiger partial charge on any atom is 0.140 e. The van der Waals surface area contributed by atoms with Gasteiger partial charge in [-0.25, -0.2) is 0 Å². The maximum atomic E-state index is 13.2. The first-order chi connectivity index (χ1) is 12.1. The summed E-state index contributed by atoms with van der Waals surface area (Å²) in [5.41, 5.74) is 0.440. The van der Waals surface area contributed by atoms with Crippen LogP contribution < -0.4 is 0 Å². The normalized spacial score (nSPS) is 65.4. The molecular formula is C23H28O2. The van der Waals surface area contributed by atoms with Gasteiger partial charge in [0.2, 0.25) is 0 Å². The highest BCUT2D eigenvalue weighted by Gasteiger charge is 2.94. The molecule has 7 aliphatic rings. The fraction of sp³-hybridized carbons (Fsp3) is 0.826. The Kier molecular flexibility index (Phi) is 2.18. The van der Waals surface area contributed by atoms with E-state index in [4.69, 9.17) is 0 Å². The molecular weight excluding hydrogens is 308 g/mol. The van der Waals surface area contributed by atoms with E-state index in [2.05, 4.69) is 19.1 Å². The van der Waals surface area contributed by atoms with Crippen LogP contribution in [0.3, 0.4) is 0 Å². The van der Waals surface area contributed by atoms with E-state index in [1.165, 1.54) is 19.3 Å². The smallest absolute Gasteiger partial charge is 0.140 e. The van der Waals surface area contributed by atoms with Crippen molar-refractivity contribution in [1.82, 2.24) is 0 Å². The SMILES string of the molecule is CC12CCC3C(CCC45C(=O)CC6C7CC=CC7C4C635)C1CCC2=O. The van der Waals surface area contributed by atoms with Crippen LogP contribution in [0, 0.1) is 57.7 Å². The molecule has 10 atom stereocenters. The Bertz CT molecular complexity index is 766. The van der Waals surface area contributed by atoms with E-state index in [1.807, 2.05) is 0 Å². The van der Waals surface area contributed by atoms with Crippen molar-refractivity contribution >= 4 is 11.6 Å². The number of Topliss-reactive ketones (excluding diaryl/α,β-unsaturated/α-hetero) is 2. The topological polar surface area (TPSA) is 34.1 Å². The van der Waals surface area contributed by atoms with Crippen LogP contribution in [0.1, 0.15) is 58.3 Å². The lowest BCUT2D eigenvalue weighted by molar-refractivity contribution is -0.134. The van der Waals surface area contributed by atoms with Crippen LogP contribution >= 0.6 is 0 Å². The molecule has 132 valence electrons. The lowest BCUT2D eigenvalue weighted by Gasteiger charge is -2.52. The lowest BCUT2D eigenvalue weighted by atomic mass is 9.51. The van der Waals surface area contributed by atoms with Crippen LogP contribution in [-0.2, 0) is 9.59 Å². The quantitative estimate of drug-likeness (QED) is 0.622. The number of rotatable bonds is 0. The molecule has 0 aliphatic heterocycles. The second kappa shape index (κ2) is 3.85. The Morgan fingerprint density at radius 2 is 1.84 bits per heavy atom. The first-order valence-corrected chi connectivity index (χ1v) is 10.8. The number of ketones is 2. The largest absolute Gasteiger partial charge is 0.299 e. The highest BCUT2D eigenvalue weighted by atomic mass is 16.1. The van der Waals surface area contributed by atoms with Crippen molar-refractivity contribution in [2.75, 3.05) is 0 Å². The molecule has 0 N–H and O–H groups in total. The van der Waals surface area contributed by atoms with E-state index in [9.17, 15) is 9.59 Å². The van der Waals surface area contributed by atoms with Crippen molar-refractivity contribution in [1.29, 1.82) is 0 Å². The second-order valence-corrected chi connectivity index (χ2v) is 10.9. The van der Waals surface area contributed by atoms with Gasteiger partial charge in [-0.3, -0.25) is 9.59 Å². The van der Waals surface area contributed by atoms with Crippen molar-refractivity contribution in [3.05, 3.63) is 12.2 Å². The molecule has 0 radical (unpaired) electrons. The van der Waals surface area contributed by atoms with Crippen LogP contribution in [0.5, 0.6) is 0 Å². The van der Waals surface area contributed by atoms with Gasteiger partial charge in [-0.15, -0.1) is 0 Å². The average Bonchev–Trinajstić information content (AvgIpc) is 2.95. The summed E-state index contributed by atoms with van der Waals surface area (Å²) in [6.07, 6.45) is 13.7. The molecule has 6 fully saturated rings. The van der Waals surface area contributed by atoms with E-state index in [-0.39, 0.29) is 10.8 Å². The molecule has 7 rings (SSSR count). The first-order valence-electron chi connectivity index (χ1n) is 10.8. The molecule has 2 nitrogen and oxygen atoms in total. The van der Waals surface area contributed by atoms with Gasteiger partial charge in [0.05, 0.1) is 0 Å². The van der Waals surface area contributed by atoms with Gasteiger partial charge >= 0.3 is 0 Å². The summed E-state index contributed by atoms with van der Waals surface area (Å²) < 4.78 is 0. The summed E-state index contributed by atoms with van der Waals surface area (Å²) in [6, 6.07) is 0. The van der Waals surface area contributed by atoms with Crippen molar-refractivity contribution in [3.63, 3.8) is 0 Å². The maximum absolute atomic E-state index is 13.2. The summed E-state index contributed by atoms with van der Waals surface area (Å²) in [5, 5.41) is 0. The molecule has 0 aromatic carbocycles. The minimum atomic E-state index is -0.0237. The lowest BCUT2D eigenvalue weighted by Crippen LogP contribution is -2.48. The van der Waals surface area contributed by atoms with Crippen LogP contribution in [0.15, 0.2) is 12.2 Å². The third-order valence-electron chi connectivity index (χ3n) is 11.0. The third kappa shape index (κ3) is 1.13. The van der Waals surface area contributed by atoms with E-state index in [0.717, 1.165) is 49.9 Å². The summed E-state index contributed by atoms with van der Waals surface area (Å²) in [7, 11) is 0.